The van der Waals surface area contributed by atoms with Crippen molar-refractivity contribution >= 4 is 33.4 Å². The zero-order valence-corrected chi connectivity index (χ0v) is 17.7. The molecule has 154 valence electrons. The molecule has 2 aromatic heterocycles. The highest BCUT2D eigenvalue weighted by Gasteiger charge is 2.34. The second kappa shape index (κ2) is 7.59. The lowest BCUT2D eigenvalue weighted by Gasteiger charge is -2.14. The molecule has 0 atom stereocenters. The van der Waals surface area contributed by atoms with Gasteiger partial charge in [-0.1, -0.05) is 42.5 Å². The number of fused-ring (bicyclic) bond motifs is 2. The van der Waals surface area contributed by atoms with Crippen LogP contribution in [0.1, 0.15) is 32.7 Å². The first-order valence-electron chi connectivity index (χ1n) is 10.1. The van der Waals surface area contributed by atoms with Crippen molar-refractivity contribution in [1.29, 1.82) is 0 Å². The third-order valence-electron chi connectivity index (χ3n) is 5.61. The number of carbonyl (C=O) groups excluding carboxylic acids is 2. The minimum atomic E-state index is -0.275. The van der Waals surface area contributed by atoms with Crippen LogP contribution < -0.4 is 5.56 Å². The Hall–Kier alpha value is -3.58. The zero-order valence-electron chi connectivity index (χ0n) is 16.9. The van der Waals surface area contributed by atoms with Gasteiger partial charge >= 0.3 is 0 Å². The van der Waals surface area contributed by atoms with E-state index < -0.39 is 0 Å². The van der Waals surface area contributed by atoms with Gasteiger partial charge in [-0.3, -0.25) is 23.9 Å². The van der Waals surface area contributed by atoms with Crippen molar-refractivity contribution in [2.75, 3.05) is 6.54 Å². The molecule has 7 heteroatoms. The predicted molar refractivity (Wildman–Crippen MR) is 120 cm³/mol. The Balaban J connectivity index is 1.37. The zero-order chi connectivity index (χ0) is 21.5. The Morgan fingerprint density at radius 2 is 1.52 bits per heavy atom. The molecular weight excluding hydrogens is 410 g/mol. The first-order valence-corrected chi connectivity index (χ1v) is 10.9. The van der Waals surface area contributed by atoms with Crippen LogP contribution in [0.5, 0.6) is 0 Å². The largest absolute Gasteiger partial charge is 0.299 e. The monoisotopic (exact) mass is 429 g/mol. The highest BCUT2D eigenvalue weighted by atomic mass is 32.1. The van der Waals surface area contributed by atoms with Crippen LogP contribution in [0.4, 0.5) is 0 Å². The number of aromatic nitrogens is 2. The van der Waals surface area contributed by atoms with Gasteiger partial charge in [0.2, 0.25) is 0 Å². The molecule has 0 N–H and O–H groups in total. The molecule has 2 amide bonds. The molecule has 2 aromatic carbocycles. The van der Waals surface area contributed by atoms with E-state index in [0.717, 1.165) is 20.8 Å². The van der Waals surface area contributed by atoms with E-state index in [-0.39, 0.29) is 23.9 Å². The summed E-state index contributed by atoms with van der Waals surface area (Å²) in [6.07, 6.45) is 2.03. The third-order valence-corrected chi connectivity index (χ3v) is 6.86. The summed E-state index contributed by atoms with van der Waals surface area (Å²) >= 11 is 1.52. The summed E-state index contributed by atoms with van der Waals surface area (Å²) in [5, 5.41) is 0.632. The van der Waals surface area contributed by atoms with Crippen molar-refractivity contribution in [2.24, 2.45) is 0 Å². The van der Waals surface area contributed by atoms with Gasteiger partial charge in [-0.15, -0.1) is 11.3 Å². The topological polar surface area (TPSA) is 72.3 Å². The van der Waals surface area contributed by atoms with Crippen LogP contribution in [0.2, 0.25) is 0 Å². The average Bonchev–Trinajstić information content (AvgIpc) is 3.26. The Morgan fingerprint density at radius 3 is 2.19 bits per heavy atom. The summed E-state index contributed by atoms with van der Waals surface area (Å²) in [5.74, 6) is -0.551. The maximum absolute atomic E-state index is 13.1. The molecule has 0 radical (unpaired) electrons. The Bertz CT molecular complexity index is 1350. The molecule has 0 saturated carbocycles. The summed E-state index contributed by atoms with van der Waals surface area (Å²) in [6.45, 7) is 2.59. The van der Waals surface area contributed by atoms with Gasteiger partial charge in [0.05, 0.1) is 22.8 Å². The van der Waals surface area contributed by atoms with E-state index in [1.165, 1.54) is 16.2 Å². The Kier molecular flexibility index (Phi) is 4.75. The normalized spacial score (nSPS) is 13.3. The molecule has 5 rings (SSSR count). The summed E-state index contributed by atoms with van der Waals surface area (Å²) in [5.41, 5.74) is 2.78. The van der Waals surface area contributed by atoms with Crippen molar-refractivity contribution in [1.82, 2.24) is 14.5 Å². The fourth-order valence-electron chi connectivity index (χ4n) is 4.02. The summed E-state index contributed by atoms with van der Waals surface area (Å²) in [6, 6.07) is 16.8. The number of thiophene rings is 1. The van der Waals surface area contributed by atoms with Gasteiger partial charge in [-0.05, 0) is 36.6 Å². The Labute approximate surface area is 182 Å². The molecule has 1 aliphatic heterocycles. The Morgan fingerprint density at radius 1 is 0.871 bits per heavy atom. The van der Waals surface area contributed by atoms with E-state index in [1.54, 1.807) is 35.2 Å². The molecular formula is C24H19N3O3S. The van der Waals surface area contributed by atoms with Crippen LogP contribution >= 0.6 is 11.3 Å². The van der Waals surface area contributed by atoms with Gasteiger partial charge in [0.1, 0.15) is 4.83 Å². The third kappa shape index (κ3) is 3.18. The second-order valence-corrected chi connectivity index (χ2v) is 8.51. The van der Waals surface area contributed by atoms with Crippen molar-refractivity contribution < 1.29 is 9.59 Å². The molecule has 1 aliphatic rings. The number of rotatable bonds is 5. The van der Waals surface area contributed by atoms with Crippen LogP contribution in [0.25, 0.3) is 20.7 Å². The van der Waals surface area contributed by atoms with Crippen molar-refractivity contribution in [2.45, 2.75) is 19.9 Å². The molecule has 0 saturated heterocycles. The van der Waals surface area contributed by atoms with Gasteiger partial charge in [-0.25, -0.2) is 4.98 Å². The van der Waals surface area contributed by atoms with Gasteiger partial charge in [0, 0.05) is 18.0 Å². The minimum Gasteiger partial charge on any atom is -0.299 e. The number of nitrogens with zero attached hydrogens (tertiary/aromatic N) is 3. The smallest absolute Gasteiger partial charge is 0.262 e. The highest BCUT2D eigenvalue weighted by molar-refractivity contribution is 7.22. The molecule has 0 spiro atoms. The molecule has 0 unspecified atom stereocenters. The van der Waals surface area contributed by atoms with Crippen LogP contribution in [-0.2, 0) is 6.54 Å². The van der Waals surface area contributed by atoms with Crippen molar-refractivity contribution in [3.05, 3.63) is 88.0 Å². The first kappa shape index (κ1) is 19.4. The minimum absolute atomic E-state index is 0.0942. The van der Waals surface area contributed by atoms with Gasteiger partial charge < -0.3 is 0 Å². The predicted octanol–water partition coefficient (Wildman–Crippen LogP) is 4.12. The standard InChI is InChI=1S/C24H19N3O3S/c1-15-19-21(31-20(15)16-8-3-2-4-9-16)25-14-26(24(19)30)12-7-13-27-22(28)17-10-5-6-11-18(17)23(27)29/h2-6,8-11,14H,7,12-13H2,1H3. The lowest BCUT2D eigenvalue weighted by Crippen LogP contribution is -2.32. The molecule has 3 heterocycles. The van der Waals surface area contributed by atoms with Gasteiger partial charge in [0.25, 0.3) is 17.4 Å². The van der Waals surface area contributed by atoms with Gasteiger partial charge in [0.15, 0.2) is 0 Å². The molecule has 6 nitrogen and oxygen atoms in total. The second-order valence-electron chi connectivity index (χ2n) is 7.51. The SMILES string of the molecule is Cc1c(-c2ccccc2)sc2ncn(CCCN3C(=O)c4ccccc4C3=O)c(=O)c12. The first-order chi connectivity index (χ1) is 15.1. The summed E-state index contributed by atoms with van der Waals surface area (Å²) in [4.78, 5) is 45.6. The summed E-state index contributed by atoms with van der Waals surface area (Å²) in [7, 11) is 0. The maximum atomic E-state index is 13.1. The van der Waals surface area contributed by atoms with E-state index in [4.69, 9.17) is 0 Å². The van der Waals surface area contributed by atoms with E-state index in [2.05, 4.69) is 4.98 Å². The quantitative estimate of drug-likeness (QED) is 0.448. The molecule has 4 aromatic rings. The lowest BCUT2D eigenvalue weighted by molar-refractivity contribution is 0.0650. The van der Waals surface area contributed by atoms with E-state index in [0.29, 0.717) is 29.5 Å². The fraction of sp³-hybridized carbons (Fsp3) is 0.167. The van der Waals surface area contributed by atoms with E-state index in [1.807, 2.05) is 37.3 Å². The number of benzene rings is 2. The van der Waals surface area contributed by atoms with Crippen molar-refractivity contribution in [3.8, 4) is 10.4 Å². The molecule has 0 fully saturated rings. The van der Waals surface area contributed by atoms with Crippen LogP contribution in [-0.4, -0.2) is 32.8 Å². The number of carbonyl (C=O) groups is 2. The van der Waals surface area contributed by atoms with E-state index >= 15 is 0 Å². The highest BCUT2D eigenvalue weighted by Crippen LogP contribution is 2.35. The van der Waals surface area contributed by atoms with E-state index in [9.17, 15) is 14.4 Å². The fourth-order valence-corrected chi connectivity index (χ4v) is 5.17. The number of hydrogen-bond donors (Lipinski definition) is 0. The molecule has 0 aliphatic carbocycles. The number of aryl methyl sites for hydroxylation is 2. The van der Waals surface area contributed by atoms with Crippen molar-refractivity contribution in [3.63, 3.8) is 0 Å². The molecule has 31 heavy (non-hydrogen) atoms. The maximum Gasteiger partial charge on any atom is 0.262 e. The summed E-state index contributed by atoms with van der Waals surface area (Å²) < 4.78 is 1.56. The number of imide groups is 1. The molecule has 0 bridgehead atoms. The van der Waals surface area contributed by atoms with Gasteiger partial charge in [-0.2, -0.15) is 0 Å². The van der Waals surface area contributed by atoms with Crippen LogP contribution in [0, 0.1) is 6.92 Å². The lowest BCUT2D eigenvalue weighted by atomic mass is 10.1. The van der Waals surface area contributed by atoms with Crippen LogP contribution in [0.3, 0.4) is 0 Å². The number of hydrogen-bond acceptors (Lipinski definition) is 5. The number of amides is 2. The average molecular weight is 430 g/mol. The van der Waals surface area contributed by atoms with Crippen LogP contribution in [0.15, 0.2) is 65.7 Å².